The van der Waals surface area contributed by atoms with E-state index in [-0.39, 0.29) is 34.5 Å². The Hall–Kier alpha value is -3.17. The van der Waals surface area contributed by atoms with Crippen molar-refractivity contribution in [2.24, 2.45) is 0 Å². The van der Waals surface area contributed by atoms with Crippen LogP contribution in [0.25, 0.3) is 11.3 Å². The number of carbonyl (C=O) groups is 1. The molecule has 32 heavy (non-hydrogen) atoms. The average Bonchev–Trinajstić information content (AvgIpc) is 3.23. The van der Waals surface area contributed by atoms with Crippen LogP contribution < -0.4 is 5.43 Å². The Morgan fingerprint density at radius 3 is 2.56 bits per heavy atom. The minimum atomic E-state index is -0.723. The molecule has 0 aliphatic carbocycles. The van der Waals surface area contributed by atoms with E-state index in [2.05, 4.69) is 9.82 Å². The first kappa shape index (κ1) is 23.5. The number of aromatic nitrogens is 3. The zero-order valence-electron chi connectivity index (χ0n) is 17.7. The zero-order chi connectivity index (χ0) is 23.4. The van der Waals surface area contributed by atoms with Gasteiger partial charge in [0, 0.05) is 23.9 Å². The minimum Gasteiger partial charge on any atom is -0.462 e. The summed E-state index contributed by atoms with van der Waals surface area (Å²) in [5.41, 5.74) is 0.916. The highest BCUT2D eigenvalue weighted by Gasteiger charge is 2.24. The van der Waals surface area contributed by atoms with Gasteiger partial charge in [0.05, 0.1) is 28.9 Å². The van der Waals surface area contributed by atoms with Crippen LogP contribution in [-0.4, -0.2) is 38.7 Å². The Balaban J connectivity index is 2.21. The first-order valence-corrected chi connectivity index (χ1v) is 10.5. The molecule has 0 amide bonds. The van der Waals surface area contributed by atoms with Crippen molar-refractivity contribution < 1.29 is 19.3 Å². The molecule has 3 aromatic rings. The number of halogens is 2. The van der Waals surface area contributed by atoms with Gasteiger partial charge in [-0.25, -0.2) is 4.79 Å². The van der Waals surface area contributed by atoms with Crippen LogP contribution in [0.3, 0.4) is 0 Å². The SMILES string of the molecule is CCOC(=O)c1c(-c2ccc(Cl)c(Cl)c2)n(CC)c(Cn2cnc([N+](=O)OC)c2)cc1=O. The summed E-state index contributed by atoms with van der Waals surface area (Å²) < 4.78 is 8.59. The second kappa shape index (κ2) is 9.97. The molecule has 0 radical (unpaired) electrons. The highest BCUT2D eigenvalue weighted by Crippen LogP contribution is 2.31. The number of ether oxygens (including phenoxy) is 1. The summed E-state index contributed by atoms with van der Waals surface area (Å²) in [4.78, 5) is 46.2. The highest BCUT2D eigenvalue weighted by atomic mass is 35.5. The van der Waals surface area contributed by atoms with Crippen LogP contribution in [0.15, 0.2) is 41.6 Å². The number of hydrogen-bond donors (Lipinski definition) is 0. The minimum absolute atomic E-state index is 0.0609. The maximum atomic E-state index is 13.0. The predicted octanol–water partition coefficient (Wildman–Crippen LogP) is 4.24. The average molecular weight is 480 g/mol. The van der Waals surface area contributed by atoms with E-state index >= 15 is 0 Å². The molecule has 0 atom stereocenters. The summed E-state index contributed by atoms with van der Waals surface area (Å²) in [5, 5.41) is 0.634. The van der Waals surface area contributed by atoms with E-state index in [0.717, 1.165) is 0 Å². The topological polar surface area (TPSA) is 95.4 Å². The van der Waals surface area contributed by atoms with Crippen LogP contribution >= 0.6 is 23.2 Å². The van der Waals surface area contributed by atoms with Crippen molar-refractivity contribution in [2.75, 3.05) is 13.7 Å². The van der Waals surface area contributed by atoms with Gasteiger partial charge in [0.1, 0.15) is 18.9 Å². The van der Waals surface area contributed by atoms with E-state index in [1.54, 1.807) is 29.7 Å². The fourth-order valence-electron chi connectivity index (χ4n) is 3.34. The predicted molar refractivity (Wildman–Crippen MR) is 119 cm³/mol. The lowest BCUT2D eigenvalue weighted by molar-refractivity contribution is -0.739. The Kier molecular flexibility index (Phi) is 7.32. The maximum Gasteiger partial charge on any atom is 0.426 e. The van der Waals surface area contributed by atoms with Crippen LogP contribution in [-0.2, 0) is 22.7 Å². The third-order valence-corrected chi connectivity index (χ3v) is 5.44. The summed E-state index contributed by atoms with van der Waals surface area (Å²) in [6, 6.07) is 6.26. The van der Waals surface area contributed by atoms with Crippen molar-refractivity contribution in [1.29, 1.82) is 0 Å². The molecular formula is C21H21Cl2N4O5+. The van der Waals surface area contributed by atoms with Crippen molar-refractivity contribution in [3.05, 3.63) is 73.2 Å². The second-order valence-corrected chi connectivity index (χ2v) is 7.48. The molecule has 0 saturated carbocycles. The lowest BCUT2D eigenvalue weighted by atomic mass is 10.0. The molecule has 2 aromatic heterocycles. The lowest BCUT2D eigenvalue weighted by Gasteiger charge is -2.20. The fourth-order valence-corrected chi connectivity index (χ4v) is 3.64. The molecule has 1 aromatic carbocycles. The van der Waals surface area contributed by atoms with E-state index in [4.69, 9.17) is 27.9 Å². The van der Waals surface area contributed by atoms with Crippen LogP contribution in [0.1, 0.15) is 29.9 Å². The normalized spacial score (nSPS) is 10.8. The van der Waals surface area contributed by atoms with Crippen molar-refractivity contribution in [1.82, 2.24) is 14.1 Å². The second-order valence-electron chi connectivity index (χ2n) is 6.66. The van der Waals surface area contributed by atoms with Crippen LogP contribution in [0.4, 0.5) is 5.82 Å². The monoisotopic (exact) mass is 479 g/mol. The van der Waals surface area contributed by atoms with Gasteiger partial charge in [-0.05, 0) is 35.9 Å². The van der Waals surface area contributed by atoms with E-state index in [1.807, 2.05) is 11.5 Å². The van der Waals surface area contributed by atoms with Crippen LogP contribution in [0, 0.1) is 4.91 Å². The van der Waals surface area contributed by atoms with Crippen molar-refractivity contribution in [3.8, 4) is 11.3 Å². The van der Waals surface area contributed by atoms with Gasteiger partial charge in [0.15, 0.2) is 10.4 Å². The van der Waals surface area contributed by atoms with Gasteiger partial charge < -0.3 is 18.7 Å². The molecule has 0 fully saturated rings. The molecular weight excluding hydrogens is 459 g/mol. The molecule has 0 bridgehead atoms. The zero-order valence-corrected chi connectivity index (χ0v) is 19.2. The van der Waals surface area contributed by atoms with Crippen molar-refractivity contribution in [3.63, 3.8) is 0 Å². The molecule has 0 aliphatic heterocycles. The fraction of sp³-hybridized carbons (Fsp3) is 0.286. The summed E-state index contributed by atoms with van der Waals surface area (Å²) in [6.07, 6.45) is 2.93. The number of imidazole rings is 1. The van der Waals surface area contributed by atoms with Crippen molar-refractivity contribution in [2.45, 2.75) is 26.9 Å². The van der Waals surface area contributed by atoms with E-state index in [9.17, 15) is 14.5 Å². The first-order valence-electron chi connectivity index (χ1n) is 9.73. The standard InChI is InChI=1S/C21H21Cl2N4O5/c1-4-26-14(10-25-11-18(24-12-25)27(30)31-3)9-17(28)19(21(29)32-5-2)20(26)13-6-7-15(22)16(23)8-13/h6-9,11-12H,4-5,10H2,1-3H3/q+1. The smallest absolute Gasteiger partial charge is 0.426 e. The third kappa shape index (κ3) is 4.68. The molecule has 0 saturated heterocycles. The summed E-state index contributed by atoms with van der Waals surface area (Å²) in [5.74, 6) is -0.662. The van der Waals surface area contributed by atoms with Gasteiger partial charge >= 0.3 is 11.8 Å². The molecule has 0 unspecified atom stereocenters. The third-order valence-electron chi connectivity index (χ3n) is 4.70. The highest BCUT2D eigenvalue weighted by molar-refractivity contribution is 6.42. The molecule has 168 valence electrons. The number of pyridine rings is 1. The Bertz CT molecular complexity index is 1240. The number of rotatable bonds is 8. The number of esters is 1. The van der Waals surface area contributed by atoms with Gasteiger partial charge in [0.25, 0.3) is 0 Å². The Morgan fingerprint density at radius 1 is 1.19 bits per heavy atom. The van der Waals surface area contributed by atoms with Gasteiger partial charge in [-0.2, -0.15) is 0 Å². The van der Waals surface area contributed by atoms with E-state index in [1.165, 1.54) is 25.7 Å². The molecule has 2 heterocycles. The summed E-state index contributed by atoms with van der Waals surface area (Å²) in [7, 11) is 1.23. The number of hydrogen-bond acceptors (Lipinski definition) is 6. The van der Waals surface area contributed by atoms with Gasteiger partial charge in [-0.1, -0.05) is 29.3 Å². The maximum absolute atomic E-state index is 13.0. The van der Waals surface area contributed by atoms with Gasteiger partial charge in [-0.15, -0.1) is 0 Å². The molecule has 3 rings (SSSR count). The first-order chi connectivity index (χ1) is 15.3. The largest absolute Gasteiger partial charge is 0.462 e. The molecule has 0 spiro atoms. The molecule has 0 aliphatic rings. The molecule has 11 heteroatoms. The lowest BCUT2D eigenvalue weighted by Crippen LogP contribution is -2.25. The Labute approximate surface area is 193 Å². The quantitative estimate of drug-likeness (QED) is 0.354. The Morgan fingerprint density at radius 2 is 1.94 bits per heavy atom. The number of nitrogens with zero attached hydrogens (tertiary/aromatic N) is 4. The molecule has 9 nitrogen and oxygen atoms in total. The molecule has 0 N–H and O–H groups in total. The van der Waals surface area contributed by atoms with Crippen molar-refractivity contribution >= 4 is 35.0 Å². The van der Waals surface area contributed by atoms with Crippen LogP contribution in [0.5, 0.6) is 0 Å². The summed E-state index contributed by atoms with van der Waals surface area (Å²) in [6.45, 7) is 4.32. The van der Waals surface area contributed by atoms with Gasteiger partial charge in [0.2, 0.25) is 6.33 Å². The number of benzene rings is 1. The number of carbonyl (C=O) groups excluding carboxylic acids is 1. The van der Waals surface area contributed by atoms with E-state index < -0.39 is 11.4 Å². The summed E-state index contributed by atoms with van der Waals surface area (Å²) >= 11 is 12.3. The van der Waals surface area contributed by atoms with Crippen LogP contribution in [0.2, 0.25) is 10.0 Å². The van der Waals surface area contributed by atoms with E-state index in [0.29, 0.717) is 28.5 Å². The van der Waals surface area contributed by atoms with Gasteiger partial charge in [-0.3, -0.25) is 4.79 Å².